The molecule has 1 fully saturated rings. The quantitative estimate of drug-likeness (QED) is 0.336. The average Bonchev–Trinajstić information content (AvgIpc) is 2.77. The van der Waals surface area contributed by atoms with Crippen molar-refractivity contribution in [2.45, 2.75) is 13.3 Å². The smallest absolute Gasteiger partial charge is 0.226 e. The molecule has 0 spiro atoms. The lowest BCUT2D eigenvalue weighted by atomic mass is 10.1. The van der Waals surface area contributed by atoms with Crippen molar-refractivity contribution < 1.29 is 4.74 Å². The molecule has 2 N–H and O–H groups in total. The van der Waals surface area contributed by atoms with E-state index in [4.69, 9.17) is 27.9 Å². The van der Waals surface area contributed by atoms with Gasteiger partial charge in [0.2, 0.25) is 5.95 Å². The van der Waals surface area contributed by atoms with E-state index >= 15 is 0 Å². The van der Waals surface area contributed by atoms with Crippen LogP contribution in [0.5, 0.6) is 0 Å². The lowest BCUT2D eigenvalue weighted by Gasteiger charge is -2.28. The van der Waals surface area contributed by atoms with Gasteiger partial charge in [-0.2, -0.15) is 4.98 Å². The minimum absolute atomic E-state index is 0.426. The average molecular weight is 449 g/mol. The predicted molar refractivity (Wildman–Crippen MR) is 125 cm³/mol. The minimum atomic E-state index is 0.426. The van der Waals surface area contributed by atoms with Gasteiger partial charge in [-0.05, 0) is 38.3 Å². The van der Waals surface area contributed by atoms with Crippen molar-refractivity contribution in [3.63, 3.8) is 0 Å². The van der Waals surface area contributed by atoms with E-state index in [9.17, 15) is 0 Å². The Kier molecular flexibility index (Phi) is 8.30. The zero-order chi connectivity index (χ0) is 21.3. The number of nitrogens with zero attached hydrogens (tertiary/aromatic N) is 4. The largest absolute Gasteiger partial charge is 0.385 e. The molecule has 1 aliphatic rings. The Morgan fingerprint density at radius 2 is 2.03 bits per heavy atom. The molecule has 0 amide bonds. The molecule has 0 aliphatic carbocycles. The van der Waals surface area contributed by atoms with E-state index in [1.54, 1.807) is 12.1 Å². The lowest BCUT2D eigenvalue weighted by molar-refractivity contribution is 0.122. The molecule has 3 rings (SSSR count). The number of rotatable bonds is 9. The molecule has 30 heavy (non-hydrogen) atoms. The summed E-state index contributed by atoms with van der Waals surface area (Å²) in [6, 6.07) is 7.38. The number of benzene rings is 1. The number of aliphatic imine (C=N–C) groups is 1. The van der Waals surface area contributed by atoms with E-state index in [2.05, 4.69) is 37.2 Å². The van der Waals surface area contributed by atoms with Crippen LogP contribution in [0.3, 0.4) is 0 Å². The van der Waals surface area contributed by atoms with Crippen LogP contribution in [0.25, 0.3) is 5.70 Å². The van der Waals surface area contributed by atoms with Crippen molar-refractivity contribution in [1.82, 2.24) is 15.3 Å². The minimum Gasteiger partial charge on any atom is -0.385 e. The van der Waals surface area contributed by atoms with Crippen LogP contribution in [0.4, 0.5) is 17.5 Å². The van der Waals surface area contributed by atoms with Crippen molar-refractivity contribution >= 4 is 53.1 Å². The first kappa shape index (κ1) is 22.3. The second kappa shape index (κ2) is 11.2. The second-order valence-corrected chi connectivity index (χ2v) is 7.52. The van der Waals surface area contributed by atoms with E-state index in [0.717, 1.165) is 48.8 Å². The van der Waals surface area contributed by atoms with E-state index < -0.39 is 0 Å². The van der Waals surface area contributed by atoms with Gasteiger partial charge in [-0.25, -0.2) is 4.98 Å². The zero-order valence-corrected chi connectivity index (χ0v) is 18.5. The number of nitrogens with one attached hydrogen (secondary N) is 2. The topological polar surface area (TPSA) is 74.7 Å². The molecule has 1 aromatic heterocycles. The van der Waals surface area contributed by atoms with Gasteiger partial charge in [0, 0.05) is 48.5 Å². The number of aromatic nitrogens is 2. The zero-order valence-electron chi connectivity index (χ0n) is 17.0. The van der Waals surface area contributed by atoms with Crippen molar-refractivity contribution in [3.8, 4) is 0 Å². The van der Waals surface area contributed by atoms with Crippen LogP contribution in [-0.2, 0) is 4.74 Å². The molecule has 1 saturated heterocycles. The summed E-state index contributed by atoms with van der Waals surface area (Å²) in [6.45, 7) is 10.1. The Balaban J connectivity index is 1.51. The van der Waals surface area contributed by atoms with E-state index in [-0.39, 0.29) is 0 Å². The number of hydrogen-bond acceptors (Lipinski definition) is 7. The highest BCUT2D eigenvalue weighted by Gasteiger charge is 2.14. The Hall–Kier alpha value is -2.35. The SMILES string of the molecule is C=Nc1cc(Cl)ccc1/C(=C\C)NCCCNc1nc(Cl)cc(N2CCOCC2)n1. The summed E-state index contributed by atoms with van der Waals surface area (Å²) in [5, 5.41) is 7.76. The molecule has 2 aromatic rings. The molecule has 9 heteroatoms. The first-order valence-electron chi connectivity index (χ1n) is 9.88. The van der Waals surface area contributed by atoms with Gasteiger partial charge in [0.15, 0.2) is 0 Å². The summed E-state index contributed by atoms with van der Waals surface area (Å²) < 4.78 is 5.39. The highest BCUT2D eigenvalue weighted by molar-refractivity contribution is 6.31. The third kappa shape index (κ3) is 6.08. The van der Waals surface area contributed by atoms with E-state index in [1.807, 2.05) is 25.1 Å². The van der Waals surface area contributed by atoms with Gasteiger partial charge in [-0.3, -0.25) is 4.99 Å². The fourth-order valence-corrected chi connectivity index (χ4v) is 3.51. The molecule has 0 bridgehead atoms. The molecule has 1 aliphatic heterocycles. The number of morpholine rings is 1. The van der Waals surface area contributed by atoms with Gasteiger partial charge in [-0.15, -0.1) is 0 Å². The van der Waals surface area contributed by atoms with Gasteiger partial charge in [0.25, 0.3) is 0 Å². The summed E-state index contributed by atoms with van der Waals surface area (Å²) in [5.74, 6) is 1.36. The van der Waals surface area contributed by atoms with Gasteiger partial charge in [0.1, 0.15) is 11.0 Å². The first-order valence-corrected chi connectivity index (χ1v) is 10.6. The van der Waals surface area contributed by atoms with Gasteiger partial charge in [-0.1, -0.05) is 29.3 Å². The standard InChI is InChI=1S/C21H26Cl2N6O/c1-3-17(16-6-5-15(22)13-18(16)24-2)25-7-4-8-26-21-27-19(23)14-20(28-21)29-9-11-30-12-10-29/h3,5-6,13-14,25H,2,4,7-12H2,1H3,(H,26,27,28)/b17-3+. The third-order valence-corrected chi connectivity index (χ3v) is 5.11. The molecule has 160 valence electrons. The third-order valence-electron chi connectivity index (χ3n) is 4.68. The maximum absolute atomic E-state index is 6.18. The Bertz CT molecular complexity index is 899. The van der Waals surface area contributed by atoms with Gasteiger partial charge >= 0.3 is 0 Å². The maximum atomic E-state index is 6.18. The van der Waals surface area contributed by atoms with Crippen LogP contribution in [-0.4, -0.2) is 56.1 Å². The summed E-state index contributed by atoms with van der Waals surface area (Å²) in [7, 11) is 0. The highest BCUT2D eigenvalue weighted by Crippen LogP contribution is 2.28. The molecule has 0 radical (unpaired) electrons. The van der Waals surface area contributed by atoms with E-state index in [1.165, 1.54) is 0 Å². The Labute approximate surface area is 187 Å². The first-order chi connectivity index (χ1) is 14.6. The van der Waals surface area contributed by atoms with Gasteiger partial charge < -0.3 is 20.3 Å². The normalized spacial score (nSPS) is 14.5. The molecule has 1 aromatic carbocycles. The molecule has 2 heterocycles. The Morgan fingerprint density at radius 1 is 1.23 bits per heavy atom. The number of anilines is 2. The van der Waals surface area contributed by atoms with E-state index in [0.29, 0.717) is 35.9 Å². The van der Waals surface area contributed by atoms with Crippen LogP contribution in [0.1, 0.15) is 18.9 Å². The summed E-state index contributed by atoms with van der Waals surface area (Å²) in [6.07, 6.45) is 2.88. The van der Waals surface area contributed by atoms with Crippen molar-refractivity contribution in [2.75, 3.05) is 49.6 Å². The maximum Gasteiger partial charge on any atom is 0.226 e. The molecule has 7 nitrogen and oxygen atoms in total. The van der Waals surface area contributed by atoms with Crippen molar-refractivity contribution in [3.05, 3.63) is 46.1 Å². The second-order valence-electron chi connectivity index (χ2n) is 6.70. The van der Waals surface area contributed by atoms with Crippen molar-refractivity contribution in [1.29, 1.82) is 0 Å². The summed E-state index contributed by atoms with van der Waals surface area (Å²) in [5.41, 5.74) is 2.71. The number of halogens is 2. The molecular weight excluding hydrogens is 423 g/mol. The van der Waals surface area contributed by atoms with Crippen LogP contribution in [0.2, 0.25) is 10.2 Å². The summed E-state index contributed by atoms with van der Waals surface area (Å²) >= 11 is 12.2. The highest BCUT2D eigenvalue weighted by atomic mass is 35.5. The lowest BCUT2D eigenvalue weighted by Crippen LogP contribution is -2.36. The monoisotopic (exact) mass is 448 g/mol. The number of ether oxygens (including phenoxy) is 1. The van der Waals surface area contributed by atoms with Gasteiger partial charge in [0.05, 0.1) is 18.9 Å². The van der Waals surface area contributed by atoms with Crippen LogP contribution >= 0.6 is 23.2 Å². The molecule has 0 saturated carbocycles. The molecule has 0 unspecified atom stereocenters. The van der Waals surface area contributed by atoms with Crippen LogP contribution in [0, 0.1) is 0 Å². The molecule has 0 atom stereocenters. The Morgan fingerprint density at radius 3 is 2.77 bits per heavy atom. The fraction of sp³-hybridized carbons (Fsp3) is 0.381. The fourth-order valence-electron chi connectivity index (χ4n) is 3.17. The van der Waals surface area contributed by atoms with Crippen LogP contribution in [0.15, 0.2) is 35.3 Å². The number of allylic oxidation sites excluding steroid dienone is 1. The predicted octanol–water partition coefficient (Wildman–Crippen LogP) is 4.40. The van der Waals surface area contributed by atoms with Crippen LogP contribution < -0.4 is 15.5 Å². The summed E-state index contributed by atoms with van der Waals surface area (Å²) in [4.78, 5) is 15.1. The number of hydrogen-bond donors (Lipinski definition) is 2. The molecular formula is C21H26Cl2N6O. The van der Waals surface area contributed by atoms with Crippen molar-refractivity contribution in [2.24, 2.45) is 4.99 Å².